The van der Waals surface area contributed by atoms with Crippen LogP contribution < -0.4 is 4.74 Å². The molecule has 20 heteroatoms. The van der Waals surface area contributed by atoms with E-state index in [0.717, 1.165) is 69.8 Å². The van der Waals surface area contributed by atoms with Crippen molar-refractivity contribution in [3.63, 3.8) is 0 Å². The Morgan fingerprint density at radius 3 is 0.887 bits per heavy atom. The summed E-state index contributed by atoms with van der Waals surface area (Å²) in [5.41, 5.74) is 11.9. The van der Waals surface area contributed by atoms with Crippen LogP contribution in [0.2, 0.25) is 0 Å². The van der Waals surface area contributed by atoms with Gasteiger partial charge in [-0.2, -0.15) is 39.5 Å². The maximum absolute atomic E-state index is 13.7. The highest BCUT2D eigenvalue weighted by atomic mass is 35.5. The number of phenols is 8. The molecule has 3 atom stereocenters. The predicted molar refractivity (Wildman–Crippen MR) is 516 cm³/mol. The molecular weight excluding hydrogens is 1740 g/mol. The van der Waals surface area contributed by atoms with Crippen LogP contribution in [0.3, 0.4) is 0 Å². The van der Waals surface area contributed by atoms with Crippen molar-refractivity contribution in [1.82, 2.24) is 0 Å². The average Bonchev–Trinajstić information content (AvgIpc) is 0.714. The Morgan fingerprint density at radius 1 is 0.301 bits per heavy atom. The monoisotopic (exact) mass is 1850 g/mol. The van der Waals surface area contributed by atoms with Crippen LogP contribution in [0.5, 0.6) is 51.7 Å². The highest BCUT2D eigenvalue weighted by Gasteiger charge is 2.72. The number of halogens is 11. The highest BCUT2D eigenvalue weighted by Crippen LogP contribution is 2.57. The summed E-state index contributed by atoms with van der Waals surface area (Å²) >= 11 is 11.9. The number of rotatable bonds is 17. The van der Waals surface area contributed by atoms with E-state index >= 15 is 0 Å². The molecule has 8 N–H and O–H groups in total. The lowest BCUT2D eigenvalue weighted by Gasteiger charge is -2.38. The summed E-state index contributed by atoms with van der Waals surface area (Å²) < 4.78 is 127. The topological polar surface area (TPSA) is 171 Å². The van der Waals surface area contributed by atoms with Gasteiger partial charge in [-0.15, -0.1) is 0 Å². The van der Waals surface area contributed by atoms with Gasteiger partial charge in [-0.1, -0.05) is 352 Å². The first-order chi connectivity index (χ1) is 62.9. The summed E-state index contributed by atoms with van der Waals surface area (Å²) in [6, 6.07) is 106. The molecule has 3 unspecified atom stereocenters. The van der Waals surface area contributed by atoms with Gasteiger partial charge >= 0.3 is 18.5 Å². The zero-order valence-corrected chi connectivity index (χ0v) is 76.9. The standard InChI is InChI=1S/C21H20O.C17H20O.C16H12F6O.C16H18O2.C15H12Cl2O.C15H13F3O.C13H12O2/c1-16-8-10-18(11-9-16)21(2,17-6-4-3-5-7-17)19-12-14-20(22)15-13-19;1-4-17(3,14-7-5-13(2)6-8-14)15-9-11-16(18)12-10-15;1-10-2-4-11(5-3-10)14(15(17,18)19,16(20,21)22)12-6-8-13(23)9-7-12;1-16(2,12-4-8-14(17)9-5-12)13-6-10-15(18-3)11-7-13;1-10-2-4-11(5-3-10)14(15(16)17)12-6-8-13(18)9-7-12;1-10-2-4-11(5-3-10)14(15(16,17)18)12-6-8-13(19)9-7-12;14-12-7-3-1-5-10(12)9-11-6-2-4-8-13(11)15/h3-15,22H,1-2H3;5-12,18H,4H2,1-3H3;2-9,23H,1H3;4-11,17H,1-3H3;2-9,18H,1H3;2-9,14,19H,1H3;1-8,14-15H,9H2. The molecule has 15 aromatic carbocycles. The fourth-order valence-electron chi connectivity index (χ4n) is 15.1. The zero-order valence-electron chi connectivity index (χ0n) is 75.4. The molecule has 0 amide bonds. The molecule has 0 bridgehead atoms. The Hall–Kier alpha value is -13.8. The van der Waals surface area contributed by atoms with Crippen LogP contribution >= 0.6 is 23.2 Å². The van der Waals surface area contributed by atoms with Gasteiger partial charge < -0.3 is 45.6 Å². The summed E-state index contributed by atoms with van der Waals surface area (Å²) in [7, 11) is 1.67. The van der Waals surface area contributed by atoms with Gasteiger partial charge in [0.1, 0.15) is 62.2 Å². The van der Waals surface area contributed by atoms with Crippen LogP contribution in [-0.2, 0) is 28.1 Å². The lowest BCUT2D eigenvalue weighted by molar-refractivity contribution is -0.288. The second-order valence-corrected chi connectivity index (χ2v) is 34.0. The number of aromatic hydroxyl groups is 8. The molecule has 15 rings (SSSR count). The SMILES string of the molecule is CCC(C)(c1ccc(C)cc1)c1ccc(O)cc1.COc1ccc(C(C)(C)c2ccc(O)cc2)cc1.Cc1ccc(C(=C(Cl)Cl)c2ccc(O)cc2)cc1.Cc1ccc(C(C)(c2ccccc2)c2ccc(O)cc2)cc1.Cc1ccc(C(c2ccc(O)cc2)(C(F)(F)F)C(F)(F)F)cc1.Cc1ccc(C(c2ccc(O)cc2)C(F)(F)F)cc1.Oc1ccccc1Cc1ccccc1O. The van der Waals surface area contributed by atoms with Crippen molar-refractivity contribution in [2.24, 2.45) is 0 Å². The Bertz CT molecular complexity index is 5870. The maximum Gasteiger partial charge on any atom is 0.411 e. The van der Waals surface area contributed by atoms with Gasteiger partial charge in [0.15, 0.2) is 0 Å². The van der Waals surface area contributed by atoms with E-state index < -0.39 is 46.7 Å². The van der Waals surface area contributed by atoms with E-state index in [9.17, 15) is 75.3 Å². The van der Waals surface area contributed by atoms with E-state index in [1.54, 1.807) is 111 Å². The molecule has 0 heterocycles. The molecular formula is C113H107Cl2F9O9. The number of hydrogen-bond acceptors (Lipinski definition) is 9. The summed E-state index contributed by atoms with van der Waals surface area (Å²) in [5, 5.41) is 75.2. The highest BCUT2D eigenvalue weighted by molar-refractivity contribution is 6.59. The van der Waals surface area contributed by atoms with Crippen molar-refractivity contribution in [2.45, 2.75) is 128 Å². The molecule has 15 aromatic rings. The second kappa shape index (κ2) is 45.8. The predicted octanol–water partition coefficient (Wildman–Crippen LogP) is 30.3. The van der Waals surface area contributed by atoms with Gasteiger partial charge in [-0.25, -0.2) is 0 Å². The number of methoxy groups -OCH3 is 1. The van der Waals surface area contributed by atoms with Gasteiger partial charge in [0.25, 0.3) is 0 Å². The molecule has 9 nitrogen and oxygen atoms in total. The summed E-state index contributed by atoms with van der Waals surface area (Å²) in [6.07, 6.45) is -14.0. The third-order valence-corrected chi connectivity index (χ3v) is 23.8. The maximum atomic E-state index is 13.7. The first-order valence-corrected chi connectivity index (χ1v) is 43.3. The molecule has 690 valence electrons. The number of aryl methyl sites for hydroxylation is 5. The van der Waals surface area contributed by atoms with Crippen molar-refractivity contribution >= 4 is 28.8 Å². The number of benzene rings is 15. The van der Waals surface area contributed by atoms with E-state index in [1.165, 1.54) is 104 Å². The number of alkyl halides is 9. The first kappa shape index (κ1) is 103. The van der Waals surface area contributed by atoms with Gasteiger partial charge in [0.2, 0.25) is 5.41 Å². The second-order valence-electron chi connectivity index (χ2n) is 33.0. The van der Waals surface area contributed by atoms with Crippen LogP contribution in [0.25, 0.3) is 5.57 Å². The fraction of sp³-hybridized carbons (Fsp3) is 0.186. The smallest absolute Gasteiger partial charge is 0.411 e. The van der Waals surface area contributed by atoms with Crippen LogP contribution in [-0.4, -0.2) is 66.5 Å². The molecule has 0 spiro atoms. The minimum Gasteiger partial charge on any atom is -0.508 e. The molecule has 133 heavy (non-hydrogen) atoms. The van der Waals surface area contributed by atoms with E-state index in [2.05, 4.69) is 133 Å². The number of ether oxygens (including phenoxy) is 1. The third kappa shape index (κ3) is 27.0. The van der Waals surface area contributed by atoms with Gasteiger partial charge in [0.05, 0.1) is 7.11 Å². The Morgan fingerprint density at radius 2 is 0.556 bits per heavy atom. The van der Waals surface area contributed by atoms with Crippen LogP contribution in [0.1, 0.15) is 158 Å². The largest absolute Gasteiger partial charge is 0.508 e. The minimum atomic E-state index is -5.61. The molecule has 0 aromatic heterocycles. The number of para-hydroxylation sites is 2. The van der Waals surface area contributed by atoms with Gasteiger partial charge in [-0.05, 0) is 228 Å². The Balaban J connectivity index is 0.000000175. The molecule has 0 aliphatic heterocycles. The van der Waals surface area contributed by atoms with Crippen molar-refractivity contribution in [3.8, 4) is 51.7 Å². The van der Waals surface area contributed by atoms with E-state index in [4.69, 9.17) is 33.0 Å². The molecule has 0 saturated heterocycles. The summed E-state index contributed by atoms with van der Waals surface area (Å²) in [4.78, 5) is 0. The van der Waals surface area contributed by atoms with Crippen molar-refractivity contribution < 1.29 is 85.1 Å². The first-order valence-electron chi connectivity index (χ1n) is 42.5. The third-order valence-electron chi connectivity index (χ3n) is 23.4. The molecule has 0 saturated carbocycles. The normalized spacial score (nSPS) is 12.4. The molecule has 0 fully saturated rings. The summed E-state index contributed by atoms with van der Waals surface area (Å²) in [5.74, 6) is 0.376. The Labute approximate surface area is 782 Å². The van der Waals surface area contributed by atoms with Gasteiger partial charge in [-0.3, -0.25) is 0 Å². The molecule has 0 aliphatic rings. The minimum absolute atomic E-state index is 0.00139. The zero-order chi connectivity index (χ0) is 97.2. The summed E-state index contributed by atoms with van der Waals surface area (Å²) in [6.45, 7) is 20.6. The number of phenolic OH excluding ortho intramolecular Hbond substituents is 8. The van der Waals surface area contributed by atoms with Crippen molar-refractivity contribution in [1.29, 1.82) is 0 Å². The lowest BCUT2D eigenvalue weighted by atomic mass is 9.71. The van der Waals surface area contributed by atoms with E-state index in [1.807, 2.05) is 117 Å². The van der Waals surface area contributed by atoms with Crippen LogP contribution in [0.15, 0.2) is 375 Å². The lowest BCUT2D eigenvalue weighted by Crippen LogP contribution is -2.54. The van der Waals surface area contributed by atoms with Crippen molar-refractivity contribution in [2.75, 3.05) is 7.11 Å². The Kier molecular flexibility index (Phi) is 35.5. The van der Waals surface area contributed by atoms with Gasteiger partial charge in [0, 0.05) is 28.2 Å². The molecule has 0 radical (unpaired) electrons. The van der Waals surface area contributed by atoms with Crippen LogP contribution in [0.4, 0.5) is 39.5 Å². The van der Waals surface area contributed by atoms with Crippen molar-refractivity contribution in [3.05, 3.63) is 486 Å². The number of hydrogen-bond donors (Lipinski definition) is 8. The van der Waals surface area contributed by atoms with E-state index in [0.29, 0.717) is 41.4 Å². The quantitative estimate of drug-likeness (QED) is 0.0326. The van der Waals surface area contributed by atoms with E-state index in [-0.39, 0.29) is 54.9 Å². The van der Waals surface area contributed by atoms with Crippen LogP contribution in [0, 0.1) is 34.6 Å². The fourth-order valence-corrected chi connectivity index (χ4v) is 15.5. The molecule has 0 aliphatic carbocycles. The average molecular weight is 1850 g/mol.